The van der Waals surface area contributed by atoms with E-state index in [0.717, 1.165) is 6.54 Å². The van der Waals surface area contributed by atoms with Gasteiger partial charge in [-0.2, -0.15) is 4.98 Å². The third-order valence-corrected chi connectivity index (χ3v) is 3.09. The molecule has 0 aliphatic carbocycles. The highest BCUT2D eigenvalue weighted by Crippen LogP contribution is 2.27. The molecular formula is C12H14Cl2N4O. The van der Waals surface area contributed by atoms with E-state index in [1.54, 1.807) is 6.07 Å². The summed E-state index contributed by atoms with van der Waals surface area (Å²) >= 11 is 11.9. The lowest BCUT2D eigenvalue weighted by atomic mass is 10.1. The molecule has 0 saturated heterocycles. The van der Waals surface area contributed by atoms with Gasteiger partial charge in [0.1, 0.15) is 5.69 Å². The topological polar surface area (TPSA) is 63.8 Å². The van der Waals surface area contributed by atoms with Gasteiger partial charge in [-0.1, -0.05) is 35.3 Å². The summed E-state index contributed by atoms with van der Waals surface area (Å²) in [6.07, 6.45) is 1.49. The molecule has 19 heavy (non-hydrogen) atoms. The van der Waals surface area contributed by atoms with Crippen molar-refractivity contribution in [3.8, 4) is 11.5 Å². The average molecular weight is 301 g/mol. The molecule has 5 nitrogen and oxygen atoms in total. The fourth-order valence-corrected chi connectivity index (χ4v) is 2.13. The number of hydrogen-bond acceptors (Lipinski definition) is 5. The molecule has 0 spiro atoms. The van der Waals surface area contributed by atoms with E-state index in [-0.39, 0.29) is 0 Å². The van der Waals surface area contributed by atoms with E-state index in [1.165, 1.54) is 6.20 Å². The zero-order chi connectivity index (χ0) is 14.0. The van der Waals surface area contributed by atoms with Crippen LogP contribution in [0.1, 0.15) is 26.7 Å². The smallest absolute Gasteiger partial charge is 0.246 e. The highest BCUT2D eigenvalue weighted by atomic mass is 35.5. The molecule has 2 heterocycles. The van der Waals surface area contributed by atoms with Crippen LogP contribution in [0.15, 0.2) is 16.8 Å². The van der Waals surface area contributed by atoms with Crippen LogP contribution in [-0.2, 0) is 5.54 Å². The molecule has 2 rings (SSSR count). The highest BCUT2D eigenvalue weighted by Gasteiger charge is 2.27. The first-order valence-electron chi connectivity index (χ1n) is 5.84. The van der Waals surface area contributed by atoms with E-state index < -0.39 is 5.54 Å². The van der Waals surface area contributed by atoms with Gasteiger partial charge in [0.05, 0.1) is 15.6 Å². The lowest BCUT2D eigenvalue weighted by Gasteiger charge is -2.20. The van der Waals surface area contributed by atoms with Crippen LogP contribution in [0.5, 0.6) is 0 Å². The number of pyridine rings is 1. The molecule has 0 atom stereocenters. The van der Waals surface area contributed by atoms with Crippen molar-refractivity contribution in [2.24, 2.45) is 0 Å². The maximum absolute atomic E-state index is 6.06. The first-order valence-corrected chi connectivity index (χ1v) is 6.60. The van der Waals surface area contributed by atoms with Gasteiger partial charge in [0.2, 0.25) is 11.7 Å². The Labute approximate surface area is 121 Å². The van der Waals surface area contributed by atoms with Gasteiger partial charge in [0.15, 0.2) is 0 Å². The zero-order valence-electron chi connectivity index (χ0n) is 10.9. The fraction of sp³-hybridized carbons (Fsp3) is 0.417. The number of nitrogens with zero attached hydrogens (tertiary/aromatic N) is 3. The third kappa shape index (κ3) is 3.05. The number of nitrogens with one attached hydrogen (secondary N) is 1. The molecule has 0 aliphatic rings. The molecule has 2 aromatic rings. The Morgan fingerprint density at radius 2 is 2.11 bits per heavy atom. The van der Waals surface area contributed by atoms with E-state index in [9.17, 15) is 0 Å². The van der Waals surface area contributed by atoms with Crippen LogP contribution in [0.2, 0.25) is 10.0 Å². The molecule has 7 heteroatoms. The largest absolute Gasteiger partial charge is 0.337 e. The van der Waals surface area contributed by atoms with E-state index in [2.05, 4.69) is 20.4 Å². The Morgan fingerprint density at radius 1 is 1.37 bits per heavy atom. The molecule has 0 unspecified atom stereocenters. The minimum absolute atomic E-state index is 0.350. The predicted molar refractivity (Wildman–Crippen MR) is 74.3 cm³/mol. The summed E-state index contributed by atoms with van der Waals surface area (Å²) in [5, 5.41) is 8.02. The van der Waals surface area contributed by atoms with Crippen LogP contribution in [0.4, 0.5) is 0 Å². The normalized spacial score (nSPS) is 11.8. The van der Waals surface area contributed by atoms with E-state index in [1.807, 2.05) is 20.8 Å². The van der Waals surface area contributed by atoms with Crippen LogP contribution < -0.4 is 5.32 Å². The minimum atomic E-state index is -0.404. The number of rotatable bonds is 4. The summed E-state index contributed by atoms with van der Waals surface area (Å²) in [4.78, 5) is 8.45. The van der Waals surface area contributed by atoms with Gasteiger partial charge in [-0.15, -0.1) is 0 Å². The maximum Gasteiger partial charge on any atom is 0.246 e. The SMILES string of the molecule is CCNC(C)(C)c1nc(-c2ncc(Cl)cc2Cl)no1. The van der Waals surface area contributed by atoms with Gasteiger partial charge in [0.25, 0.3) is 0 Å². The molecule has 0 aromatic carbocycles. The first kappa shape index (κ1) is 14.2. The second-order valence-corrected chi connectivity index (χ2v) is 5.41. The number of aromatic nitrogens is 3. The van der Waals surface area contributed by atoms with Crippen molar-refractivity contribution in [3.05, 3.63) is 28.2 Å². The molecule has 0 saturated carbocycles. The Morgan fingerprint density at radius 3 is 2.74 bits per heavy atom. The van der Waals surface area contributed by atoms with Gasteiger partial charge < -0.3 is 9.84 Å². The average Bonchev–Trinajstić information content (AvgIpc) is 2.78. The molecule has 2 aromatic heterocycles. The fourth-order valence-electron chi connectivity index (χ4n) is 1.67. The van der Waals surface area contributed by atoms with Crippen molar-refractivity contribution in [1.29, 1.82) is 0 Å². The predicted octanol–water partition coefficient (Wildman–Crippen LogP) is 3.28. The molecule has 1 N–H and O–H groups in total. The Hall–Kier alpha value is -1.17. The summed E-state index contributed by atoms with van der Waals surface area (Å²) in [6.45, 7) is 6.73. The molecular weight excluding hydrogens is 287 g/mol. The molecule has 0 fully saturated rings. The molecule has 0 amide bonds. The lowest BCUT2D eigenvalue weighted by molar-refractivity contribution is 0.272. The van der Waals surface area contributed by atoms with Gasteiger partial charge >= 0.3 is 0 Å². The van der Waals surface area contributed by atoms with Crippen molar-refractivity contribution >= 4 is 23.2 Å². The van der Waals surface area contributed by atoms with Crippen LogP contribution in [-0.4, -0.2) is 21.7 Å². The highest BCUT2D eigenvalue weighted by molar-refractivity contribution is 6.35. The zero-order valence-corrected chi connectivity index (χ0v) is 12.4. The summed E-state index contributed by atoms with van der Waals surface area (Å²) in [6, 6.07) is 1.59. The number of halogens is 2. The van der Waals surface area contributed by atoms with Crippen LogP contribution in [0.3, 0.4) is 0 Å². The third-order valence-electron chi connectivity index (χ3n) is 2.60. The lowest BCUT2D eigenvalue weighted by Crippen LogP contribution is -2.36. The van der Waals surface area contributed by atoms with Gasteiger partial charge in [0, 0.05) is 6.20 Å². The Bertz CT molecular complexity index is 583. The van der Waals surface area contributed by atoms with E-state index >= 15 is 0 Å². The first-order chi connectivity index (χ1) is 8.94. The monoisotopic (exact) mass is 300 g/mol. The van der Waals surface area contributed by atoms with Crippen molar-refractivity contribution < 1.29 is 4.52 Å². The minimum Gasteiger partial charge on any atom is -0.337 e. The second-order valence-electron chi connectivity index (χ2n) is 4.56. The maximum atomic E-state index is 6.06. The Balaban J connectivity index is 2.35. The summed E-state index contributed by atoms with van der Waals surface area (Å²) in [5.41, 5.74) is 0.0483. The Kier molecular flexibility index (Phi) is 4.08. The van der Waals surface area contributed by atoms with Crippen molar-refractivity contribution in [3.63, 3.8) is 0 Å². The molecule has 0 bridgehead atoms. The standard InChI is InChI=1S/C12H14Cl2N4O/c1-4-16-12(2,3)11-17-10(18-19-11)9-8(14)5-7(13)6-15-9/h5-6,16H,4H2,1-3H3. The summed E-state index contributed by atoms with van der Waals surface area (Å²) < 4.78 is 5.27. The van der Waals surface area contributed by atoms with E-state index in [4.69, 9.17) is 27.7 Å². The quantitative estimate of drug-likeness (QED) is 0.939. The van der Waals surface area contributed by atoms with Crippen LogP contribution in [0, 0.1) is 0 Å². The van der Waals surface area contributed by atoms with Crippen LogP contribution >= 0.6 is 23.2 Å². The van der Waals surface area contributed by atoms with Gasteiger partial charge in [-0.25, -0.2) is 4.98 Å². The van der Waals surface area contributed by atoms with Crippen molar-refractivity contribution in [2.45, 2.75) is 26.3 Å². The van der Waals surface area contributed by atoms with Crippen LogP contribution in [0.25, 0.3) is 11.5 Å². The molecule has 0 radical (unpaired) electrons. The molecule has 0 aliphatic heterocycles. The van der Waals surface area contributed by atoms with Crippen molar-refractivity contribution in [1.82, 2.24) is 20.4 Å². The van der Waals surface area contributed by atoms with E-state index in [0.29, 0.717) is 27.5 Å². The summed E-state index contributed by atoms with van der Waals surface area (Å²) in [7, 11) is 0. The number of hydrogen-bond donors (Lipinski definition) is 1. The van der Waals surface area contributed by atoms with Crippen molar-refractivity contribution in [2.75, 3.05) is 6.54 Å². The van der Waals surface area contributed by atoms with Gasteiger partial charge in [-0.3, -0.25) is 0 Å². The second kappa shape index (κ2) is 5.45. The summed E-state index contributed by atoms with van der Waals surface area (Å²) in [5.74, 6) is 0.833. The molecule has 102 valence electrons. The van der Waals surface area contributed by atoms with Gasteiger partial charge in [-0.05, 0) is 26.5 Å².